The number of halogens is 7. The molecular formula is C36H31F7N6O4S. The number of hydrogen-bond donors (Lipinski definition) is 1. The van der Waals surface area contributed by atoms with Crippen molar-refractivity contribution in [2.24, 2.45) is 13.0 Å². The first-order valence-electron chi connectivity index (χ1n) is 16.6. The Bertz CT molecular complexity index is 2460. The molecule has 10 nitrogen and oxygen atoms in total. The van der Waals surface area contributed by atoms with E-state index in [1.165, 1.54) is 23.9 Å². The summed E-state index contributed by atoms with van der Waals surface area (Å²) in [5, 5.41) is 11.0. The van der Waals surface area contributed by atoms with Crippen molar-refractivity contribution >= 4 is 38.1 Å². The van der Waals surface area contributed by atoms with Crippen LogP contribution in [-0.4, -0.2) is 50.9 Å². The SMILES string of the molecule is CC(=O)Nc1cnc([C@@H](CC(=O)Cn2nc(C(F)(F)F)c3c2C(F)(F)[C@@H]2C[C@H]32)Cc2cc(F)cc(F)c2)c(-c2cccc3c(CS(C)(=O)=O)nn(C)c23)c1. The fraction of sp³-hybridized carbons (Fsp3) is 0.361. The minimum atomic E-state index is -5.04. The number of aromatic nitrogens is 5. The number of Topliss-reactive ketones (excluding diaryl/α,β-unsaturated/α-hetero) is 1. The molecule has 3 heterocycles. The van der Waals surface area contributed by atoms with E-state index < -0.39 is 92.9 Å². The molecule has 0 radical (unpaired) electrons. The molecular weight excluding hydrogens is 745 g/mol. The minimum absolute atomic E-state index is 0.0872. The first kappa shape index (κ1) is 37.2. The second-order valence-corrected chi connectivity index (χ2v) is 16.1. The van der Waals surface area contributed by atoms with Gasteiger partial charge in [0.05, 0.1) is 34.5 Å². The summed E-state index contributed by atoms with van der Waals surface area (Å²) in [5.41, 5.74) is -1.17. The molecule has 0 spiro atoms. The topological polar surface area (TPSA) is 129 Å². The Morgan fingerprint density at radius 3 is 2.41 bits per heavy atom. The minimum Gasteiger partial charge on any atom is -0.325 e. The van der Waals surface area contributed by atoms with Crippen LogP contribution in [0.15, 0.2) is 48.7 Å². The summed E-state index contributed by atoms with van der Waals surface area (Å²) in [5.74, 6) is -10.5. The van der Waals surface area contributed by atoms with Crippen LogP contribution in [-0.2, 0) is 57.3 Å². The van der Waals surface area contributed by atoms with Crippen LogP contribution in [0.2, 0.25) is 0 Å². The first-order chi connectivity index (χ1) is 25.2. The predicted octanol–water partition coefficient (Wildman–Crippen LogP) is 6.83. The Morgan fingerprint density at radius 2 is 1.76 bits per heavy atom. The zero-order valence-electron chi connectivity index (χ0n) is 28.8. The van der Waals surface area contributed by atoms with Crippen LogP contribution in [0, 0.1) is 17.6 Å². The summed E-state index contributed by atoms with van der Waals surface area (Å²) in [6, 6.07) is 9.20. The second kappa shape index (κ2) is 13.0. The van der Waals surface area contributed by atoms with Gasteiger partial charge in [-0.05, 0) is 42.5 Å². The maximum absolute atomic E-state index is 15.3. The number of ketones is 1. The van der Waals surface area contributed by atoms with Gasteiger partial charge in [0.15, 0.2) is 21.3 Å². The first-order valence-corrected chi connectivity index (χ1v) is 18.7. The van der Waals surface area contributed by atoms with Crippen molar-refractivity contribution in [1.82, 2.24) is 24.5 Å². The number of carbonyl (C=O) groups is 2. The molecule has 0 unspecified atom stereocenters. The molecule has 2 aliphatic carbocycles. The quantitative estimate of drug-likeness (QED) is 0.146. The van der Waals surface area contributed by atoms with E-state index in [4.69, 9.17) is 0 Å². The largest absolute Gasteiger partial charge is 0.435 e. The molecule has 284 valence electrons. The molecule has 0 saturated heterocycles. The molecule has 5 aromatic rings. The predicted molar refractivity (Wildman–Crippen MR) is 181 cm³/mol. The molecule has 1 amide bonds. The van der Waals surface area contributed by atoms with E-state index >= 15 is 8.78 Å². The fourth-order valence-corrected chi connectivity index (χ4v) is 8.36. The van der Waals surface area contributed by atoms with Crippen LogP contribution >= 0.6 is 0 Å². The summed E-state index contributed by atoms with van der Waals surface area (Å²) in [6.07, 6.45) is -3.63. The van der Waals surface area contributed by atoms with Gasteiger partial charge in [-0.15, -0.1) is 0 Å². The molecule has 1 N–H and O–H groups in total. The highest BCUT2D eigenvalue weighted by Gasteiger charge is 2.68. The molecule has 2 aliphatic rings. The van der Waals surface area contributed by atoms with Gasteiger partial charge in [-0.25, -0.2) is 17.2 Å². The highest BCUT2D eigenvalue weighted by Crippen LogP contribution is 2.68. The lowest BCUT2D eigenvalue weighted by molar-refractivity contribution is -0.142. The monoisotopic (exact) mass is 776 g/mol. The fourth-order valence-electron chi connectivity index (χ4n) is 7.65. The summed E-state index contributed by atoms with van der Waals surface area (Å²) in [7, 11) is -1.95. The normalized spacial score (nSPS) is 18.0. The smallest absolute Gasteiger partial charge is 0.325 e. The van der Waals surface area contributed by atoms with E-state index in [-0.39, 0.29) is 41.2 Å². The average molecular weight is 777 g/mol. The molecule has 18 heteroatoms. The van der Waals surface area contributed by atoms with Gasteiger partial charge in [-0.1, -0.05) is 18.2 Å². The number of aryl methyl sites for hydroxylation is 1. The molecule has 0 aliphatic heterocycles. The molecule has 1 saturated carbocycles. The van der Waals surface area contributed by atoms with E-state index in [1.807, 2.05) is 0 Å². The molecule has 3 atom stereocenters. The highest BCUT2D eigenvalue weighted by molar-refractivity contribution is 7.89. The van der Waals surface area contributed by atoms with E-state index in [2.05, 4.69) is 20.5 Å². The van der Waals surface area contributed by atoms with Crippen LogP contribution in [0.4, 0.5) is 36.4 Å². The van der Waals surface area contributed by atoms with Gasteiger partial charge in [0.1, 0.15) is 23.9 Å². The van der Waals surface area contributed by atoms with Crippen molar-refractivity contribution in [3.63, 3.8) is 0 Å². The van der Waals surface area contributed by atoms with Crippen LogP contribution in [0.3, 0.4) is 0 Å². The Kier molecular flexibility index (Phi) is 8.97. The number of anilines is 1. The van der Waals surface area contributed by atoms with Crippen LogP contribution in [0.25, 0.3) is 22.0 Å². The summed E-state index contributed by atoms with van der Waals surface area (Å²) < 4.78 is 128. The van der Waals surface area contributed by atoms with Gasteiger partial charge in [0, 0.05) is 66.6 Å². The molecule has 2 aromatic carbocycles. The maximum Gasteiger partial charge on any atom is 0.435 e. The Morgan fingerprint density at radius 1 is 1.06 bits per heavy atom. The summed E-state index contributed by atoms with van der Waals surface area (Å²) >= 11 is 0. The van der Waals surface area contributed by atoms with Gasteiger partial charge >= 0.3 is 6.18 Å². The number of nitrogens with zero attached hydrogens (tertiary/aromatic N) is 5. The summed E-state index contributed by atoms with van der Waals surface area (Å²) in [4.78, 5) is 30.5. The molecule has 0 bridgehead atoms. The van der Waals surface area contributed by atoms with Crippen LogP contribution in [0.1, 0.15) is 65.5 Å². The average Bonchev–Trinajstić information content (AvgIpc) is 3.59. The molecule has 7 rings (SSSR count). The van der Waals surface area contributed by atoms with Crippen molar-refractivity contribution in [3.8, 4) is 11.1 Å². The number of sulfone groups is 1. The number of hydrogen-bond acceptors (Lipinski definition) is 7. The van der Waals surface area contributed by atoms with Gasteiger partial charge < -0.3 is 5.32 Å². The third-order valence-corrected chi connectivity index (χ3v) is 10.5. The maximum atomic E-state index is 15.3. The Balaban J connectivity index is 1.35. The van der Waals surface area contributed by atoms with Crippen molar-refractivity contribution < 1.29 is 48.7 Å². The van der Waals surface area contributed by atoms with Crippen molar-refractivity contribution in [3.05, 3.63) is 94.2 Å². The van der Waals surface area contributed by atoms with Gasteiger partial charge in [0.2, 0.25) is 5.91 Å². The lowest BCUT2D eigenvalue weighted by Crippen LogP contribution is -2.24. The van der Waals surface area contributed by atoms with E-state index in [0.29, 0.717) is 32.8 Å². The van der Waals surface area contributed by atoms with Gasteiger partial charge in [-0.3, -0.25) is 23.9 Å². The zero-order chi connectivity index (χ0) is 39.1. The molecule has 3 aromatic heterocycles. The number of nitrogens with one attached hydrogen (secondary N) is 1. The van der Waals surface area contributed by atoms with Crippen LogP contribution < -0.4 is 5.32 Å². The van der Waals surface area contributed by atoms with E-state index in [9.17, 15) is 40.0 Å². The number of alkyl halides is 5. The number of fused-ring (bicyclic) bond motifs is 4. The van der Waals surface area contributed by atoms with Crippen molar-refractivity contribution in [2.45, 2.75) is 62.4 Å². The number of carbonyl (C=O) groups excluding carboxylic acids is 2. The lowest BCUT2D eigenvalue weighted by atomic mass is 9.86. The Hall–Kier alpha value is -5.13. The molecule has 1 fully saturated rings. The number of amides is 1. The van der Waals surface area contributed by atoms with E-state index in [0.717, 1.165) is 18.4 Å². The Labute approximate surface area is 303 Å². The third kappa shape index (κ3) is 6.98. The van der Waals surface area contributed by atoms with Crippen molar-refractivity contribution in [1.29, 1.82) is 0 Å². The number of pyridine rings is 1. The molecule has 54 heavy (non-hydrogen) atoms. The number of rotatable bonds is 11. The van der Waals surface area contributed by atoms with E-state index in [1.54, 1.807) is 25.2 Å². The summed E-state index contributed by atoms with van der Waals surface area (Å²) in [6.45, 7) is 0.309. The van der Waals surface area contributed by atoms with Crippen LogP contribution in [0.5, 0.6) is 0 Å². The highest BCUT2D eigenvalue weighted by atomic mass is 32.2. The number of benzene rings is 2. The second-order valence-electron chi connectivity index (χ2n) is 13.9. The van der Waals surface area contributed by atoms with Crippen molar-refractivity contribution in [2.75, 3.05) is 11.6 Å². The standard InChI is InChI=1S/C36H31F7N6O4S/c1-17(50)45-22-12-26(24-5-4-6-25-29(16-54(3,52)53)46-48(2)32(24)25)31(44-14-22)19(7-18-8-20(37)11-21(38)9-18)10-23(51)15-49-34-30(33(47-49)36(41,42)43)27-13-28(27)35(34,39)40/h4-6,8-9,11-12,14,19,27-28H,7,10,13,15-16H2,1-3H3,(H,45,50)/t19-,27+,28-/m1/s1. The lowest BCUT2D eigenvalue weighted by Gasteiger charge is -2.22. The zero-order valence-corrected chi connectivity index (χ0v) is 29.6. The van der Waals surface area contributed by atoms with Gasteiger partial charge in [-0.2, -0.15) is 32.1 Å². The number of para-hydroxylation sites is 1. The third-order valence-electron chi connectivity index (χ3n) is 9.66. The van der Waals surface area contributed by atoms with Gasteiger partial charge in [0.25, 0.3) is 5.92 Å².